The number of aromatic nitrogens is 3. The van der Waals surface area contributed by atoms with Crippen LogP contribution >= 0.6 is 34.7 Å². The number of para-hydroxylation sites is 1. The van der Waals surface area contributed by atoms with Crippen LogP contribution in [0.5, 0.6) is 5.75 Å². The first kappa shape index (κ1) is 23.6. The highest BCUT2D eigenvalue weighted by Gasteiger charge is 2.28. The van der Waals surface area contributed by atoms with Crippen LogP contribution in [0.2, 0.25) is 5.02 Å². The van der Waals surface area contributed by atoms with Gasteiger partial charge in [-0.15, -0.1) is 21.5 Å². The summed E-state index contributed by atoms with van der Waals surface area (Å²) in [5.74, 6) is 0.703. The molecule has 2 heterocycles. The smallest absolute Gasteiger partial charge is 0.341 e. The molecule has 0 saturated carbocycles. The lowest BCUT2D eigenvalue weighted by molar-refractivity contribution is -0.113. The van der Waals surface area contributed by atoms with Crippen LogP contribution in [-0.2, 0) is 36.0 Å². The Morgan fingerprint density at radius 3 is 2.88 bits per heavy atom. The lowest BCUT2D eigenvalue weighted by Crippen LogP contribution is -2.17. The van der Waals surface area contributed by atoms with Crippen molar-refractivity contribution in [1.29, 1.82) is 0 Å². The number of hydrogen-bond acceptors (Lipinski definition) is 8. The van der Waals surface area contributed by atoms with Gasteiger partial charge in [-0.3, -0.25) is 4.79 Å². The van der Waals surface area contributed by atoms with Crippen LogP contribution in [0.15, 0.2) is 29.4 Å². The van der Waals surface area contributed by atoms with E-state index >= 15 is 0 Å². The largest absolute Gasteiger partial charge is 0.484 e. The summed E-state index contributed by atoms with van der Waals surface area (Å²) in [6.07, 6.45) is 2.78. The Labute approximate surface area is 204 Å². The molecule has 33 heavy (non-hydrogen) atoms. The molecule has 0 spiro atoms. The molecule has 1 aromatic carbocycles. The van der Waals surface area contributed by atoms with Crippen molar-refractivity contribution in [2.24, 2.45) is 7.05 Å². The highest BCUT2D eigenvalue weighted by Crippen LogP contribution is 2.39. The van der Waals surface area contributed by atoms with Crippen molar-refractivity contribution in [2.45, 2.75) is 37.9 Å². The van der Waals surface area contributed by atoms with Crippen molar-refractivity contribution in [3.8, 4) is 5.75 Å². The second kappa shape index (κ2) is 10.6. The van der Waals surface area contributed by atoms with E-state index in [0.29, 0.717) is 38.9 Å². The van der Waals surface area contributed by atoms with Gasteiger partial charge in [-0.05, 0) is 43.9 Å². The Hall–Kier alpha value is -2.56. The first-order chi connectivity index (χ1) is 16.0. The summed E-state index contributed by atoms with van der Waals surface area (Å²) in [7, 11) is 1.81. The Morgan fingerprint density at radius 1 is 1.27 bits per heavy atom. The number of nitrogens with zero attached hydrogens (tertiary/aromatic N) is 3. The van der Waals surface area contributed by atoms with E-state index in [1.165, 1.54) is 23.1 Å². The van der Waals surface area contributed by atoms with Gasteiger partial charge in [0, 0.05) is 11.9 Å². The predicted molar refractivity (Wildman–Crippen MR) is 128 cm³/mol. The van der Waals surface area contributed by atoms with E-state index in [2.05, 4.69) is 15.5 Å². The molecular formula is C22H23ClN4O4S2. The number of fused-ring (bicyclic) bond motifs is 1. The molecule has 1 aliphatic carbocycles. The SMILES string of the molecule is CCOC(=O)c1c(NC(=O)CSc2nnc(COc3ccccc3Cl)n2C)sc2c1CCC2. The summed E-state index contributed by atoms with van der Waals surface area (Å²) in [6, 6.07) is 7.21. The average Bonchev–Trinajstić information content (AvgIpc) is 3.47. The predicted octanol–water partition coefficient (Wildman–Crippen LogP) is 4.51. The van der Waals surface area contributed by atoms with E-state index in [4.69, 9.17) is 21.1 Å². The third-order valence-corrected chi connectivity index (χ3v) is 7.64. The van der Waals surface area contributed by atoms with Crippen LogP contribution in [0.1, 0.15) is 40.0 Å². The molecule has 11 heteroatoms. The van der Waals surface area contributed by atoms with Crippen molar-refractivity contribution in [3.05, 3.63) is 51.1 Å². The fourth-order valence-corrected chi connectivity index (χ4v) is 5.72. The molecule has 0 saturated heterocycles. The molecule has 0 unspecified atom stereocenters. The van der Waals surface area contributed by atoms with Gasteiger partial charge in [0.25, 0.3) is 0 Å². The van der Waals surface area contributed by atoms with Crippen LogP contribution in [0, 0.1) is 0 Å². The Morgan fingerprint density at radius 2 is 2.09 bits per heavy atom. The fraction of sp³-hybridized carbons (Fsp3) is 0.364. The number of benzene rings is 1. The lowest BCUT2D eigenvalue weighted by atomic mass is 10.1. The number of amides is 1. The van der Waals surface area contributed by atoms with E-state index in [9.17, 15) is 9.59 Å². The number of thioether (sulfide) groups is 1. The molecule has 2 aromatic heterocycles. The number of ether oxygens (including phenoxy) is 2. The zero-order valence-electron chi connectivity index (χ0n) is 18.2. The molecular weight excluding hydrogens is 484 g/mol. The summed E-state index contributed by atoms with van der Waals surface area (Å²) >= 11 is 8.84. The molecule has 0 fully saturated rings. The quantitative estimate of drug-likeness (QED) is 0.337. The monoisotopic (exact) mass is 506 g/mol. The molecule has 3 aromatic rings. The van der Waals surface area contributed by atoms with E-state index < -0.39 is 0 Å². The Bertz CT molecular complexity index is 1180. The maximum absolute atomic E-state index is 12.6. The third-order valence-electron chi connectivity index (χ3n) is 5.10. The molecule has 0 aliphatic heterocycles. The van der Waals surface area contributed by atoms with Crippen LogP contribution in [0.3, 0.4) is 0 Å². The van der Waals surface area contributed by atoms with Gasteiger partial charge in [0.1, 0.15) is 17.4 Å². The number of carbonyl (C=O) groups is 2. The average molecular weight is 507 g/mol. The van der Waals surface area contributed by atoms with Gasteiger partial charge in [-0.25, -0.2) is 4.79 Å². The molecule has 1 N–H and O–H groups in total. The van der Waals surface area contributed by atoms with Gasteiger partial charge in [0.2, 0.25) is 5.91 Å². The highest BCUT2D eigenvalue weighted by molar-refractivity contribution is 7.99. The normalized spacial score (nSPS) is 12.5. The molecule has 0 radical (unpaired) electrons. The van der Waals surface area contributed by atoms with Crippen molar-refractivity contribution >= 4 is 51.6 Å². The fourth-order valence-electron chi connectivity index (χ4n) is 3.50. The number of anilines is 1. The second-order valence-corrected chi connectivity index (χ2v) is 9.75. The summed E-state index contributed by atoms with van der Waals surface area (Å²) < 4.78 is 12.7. The minimum atomic E-state index is -0.378. The van der Waals surface area contributed by atoms with Gasteiger partial charge >= 0.3 is 5.97 Å². The van der Waals surface area contributed by atoms with Crippen LogP contribution < -0.4 is 10.1 Å². The molecule has 174 valence electrons. The van der Waals surface area contributed by atoms with Gasteiger partial charge in [0.05, 0.1) is 22.9 Å². The molecule has 0 atom stereocenters. The van der Waals surface area contributed by atoms with Crippen LogP contribution in [0.25, 0.3) is 0 Å². The van der Waals surface area contributed by atoms with Crippen molar-refractivity contribution in [3.63, 3.8) is 0 Å². The maximum Gasteiger partial charge on any atom is 0.341 e. The first-order valence-electron chi connectivity index (χ1n) is 10.5. The van der Waals surface area contributed by atoms with Gasteiger partial charge in [-0.1, -0.05) is 35.5 Å². The molecule has 4 rings (SSSR count). The number of nitrogens with one attached hydrogen (secondary N) is 1. The zero-order valence-corrected chi connectivity index (χ0v) is 20.6. The number of esters is 1. The van der Waals surface area contributed by atoms with Crippen LogP contribution in [-0.4, -0.2) is 39.0 Å². The van der Waals surface area contributed by atoms with Crippen molar-refractivity contribution < 1.29 is 19.1 Å². The first-order valence-corrected chi connectivity index (χ1v) is 12.7. The number of rotatable bonds is 9. The standard InChI is InChI=1S/C22H23ClN4O4S2/c1-3-30-21(29)19-13-7-6-10-16(13)33-20(19)24-18(28)12-32-22-26-25-17(27(22)2)11-31-15-9-5-4-8-14(15)23/h4-5,8-9H,3,6-7,10-12H2,1-2H3,(H,24,28). The van der Waals surface area contributed by atoms with Crippen molar-refractivity contribution in [2.75, 3.05) is 17.7 Å². The van der Waals surface area contributed by atoms with Crippen LogP contribution in [0.4, 0.5) is 5.00 Å². The highest BCUT2D eigenvalue weighted by atomic mass is 35.5. The van der Waals surface area contributed by atoms with E-state index in [1.807, 2.05) is 19.2 Å². The van der Waals surface area contributed by atoms with Gasteiger partial charge < -0.3 is 19.4 Å². The molecule has 8 nitrogen and oxygen atoms in total. The number of thiophene rings is 1. The van der Waals surface area contributed by atoms with Gasteiger partial charge in [0.15, 0.2) is 11.0 Å². The second-order valence-electron chi connectivity index (χ2n) is 7.30. The van der Waals surface area contributed by atoms with E-state index in [-0.39, 0.29) is 24.2 Å². The van der Waals surface area contributed by atoms with E-state index in [1.54, 1.807) is 23.6 Å². The zero-order chi connectivity index (χ0) is 23.4. The summed E-state index contributed by atoms with van der Waals surface area (Å²) in [6.45, 7) is 2.26. The minimum absolute atomic E-state index is 0.127. The topological polar surface area (TPSA) is 95.3 Å². The molecule has 1 amide bonds. The summed E-state index contributed by atoms with van der Waals surface area (Å²) in [4.78, 5) is 26.3. The number of hydrogen-bond donors (Lipinski definition) is 1. The number of halogens is 1. The Kier molecular flexibility index (Phi) is 7.56. The lowest BCUT2D eigenvalue weighted by Gasteiger charge is -2.09. The molecule has 0 bridgehead atoms. The third kappa shape index (κ3) is 5.34. The minimum Gasteiger partial charge on any atom is -0.484 e. The maximum atomic E-state index is 12.6. The van der Waals surface area contributed by atoms with Gasteiger partial charge in [-0.2, -0.15) is 0 Å². The number of aryl methyl sites for hydroxylation is 1. The number of carbonyl (C=O) groups excluding carboxylic acids is 2. The summed E-state index contributed by atoms with van der Waals surface area (Å²) in [5, 5.41) is 12.9. The van der Waals surface area contributed by atoms with E-state index in [0.717, 1.165) is 29.7 Å². The Balaban J connectivity index is 1.36. The van der Waals surface area contributed by atoms with Crippen molar-refractivity contribution in [1.82, 2.24) is 14.8 Å². The summed E-state index contributed by atoms with van der Waals surface area (Å²) in [5.41, 5.74) is 1.52. The molecule has 1 aliphatic rings.